The minimum Gasteiger partial charge on any atom is -0.396 e. The van der Waals surface area contributed by atoms with Gasteiger partial charge in [-0.05, 0) is 25.8 Å². The van der Waals surface area contributed by atoms with E-state index in [1.54, 1.807) is 18.2 Å². The highest BCUT2D eigenvalue weighted by molar-refractivity contribution is 5.20. The molecular weight excluding hydrogens is 224 g/mol. The molecule has 0 saturated carbocycles. The lowest BCUT2D eigenvalue weighted by atomic mass is 10.1. The van der Waals surface area contributed by atoms with Crippen LogP contribution in [-0.2, 0) is 5.92 Å². The average Bonchev–Trinajstić information content (AvgIpc) is 2.35. The van der Waals surface area contributed by atoms with Crippen LogP contribution >= 0.6 is 0 Å². The largest absolute Gasteiger partial charge is 0.396 e. The third-order valence-corrected chi connectivity index (χ3v) is 2.55. The predicted molar refractivity (Wildman–Crippen MR) is 64.1 cm³/mol. The zero-order valence-corrected chi connectivity index (χ0v) is 9.83. The second-order valence-corrected chi connectivity index (χ2v) is 4.03. The zero-order chi connectivity index (χ0) is 12.6. The maximum atomic E-state index is 13.6. The van der Waals surface area contributed by atoms with Crippen molar-refractivity contribution in [1.82, 2.24) is 5.32 Å². The zero-order valence-electron chi connectivity index (χ0n) is 9.83. The molecule has 1 aromatic carbocycles. The number of halogens is 2. The molecular formula is C13H19F2NO. The summed E-state index contributed by atoms with van der Waals surface area (Å²) >= 11 is 0. The van der Waals surface area contributed by atoms with Crippen molar-refractivity contribution < 1.29 is 13.9 Å². The van der Waals surface area contributed by atoms with Crippen molar-refractivity contribution in [3.63, 3.8) is 0 Å². The summed E-state index contributed by atoms with van der Waals surface area (Å²) in [5.74, 6) is -2.82. The number of alkyl halides is 2. The lowest BCUT2D eigenvalue weighted by Crippen LogP contribution is -2.31. The number of benzene rings is 1. The minimum absolute atomic E-state index is 0.0443. The number of aliphatic hydroxyl groups is 1. The molecule has 0 aliphatic heterocycles. The van der Waals surface area contributed by atoms with Gasteiger partial charge in [0, 0.05) is 12.2 Å². The summed E-state index contributed by atoms with van der Waals surface area (Å²) in [7, 11) is 0. The van der Waals surface area contributed by atoms with Gasteiger partial charge in [-0.15, -0.1) is 0 Å². The molecule has 0 heterocycles. The van der Waals surface area contributed by atoms with Gasteiger partial charge >= 0.3 is 0 Å². The fourth-order valence-electron chi connectivity index (χ4n) is 1.57. The fraction of sp³-hybridized carbons (Fsp3) is 0.538. The van der Waals surface area contributed by atoms with Gasteiger partial charge < -0.3 is 10.4 Å². The number of hydrogen-bond donors (Lipinski definition) is 2. The van der Waals surface area contributed by atoms with Crippen LogP contribution in [0.15, 0.2) is 30.3 Å². The number of aliphatic hydroxyl groups excluding tert-OH is 1. The molecule has 0 fully saturated rings. The molecule has 0 aliphatic carbocycles. The van der Waals surface area contributed by atoms with E-state index in [-0.39, 0.29) is 18.7 Å². The van der Waals surface area contributed by atoms with Crippen LogP contribution in [0.5, 0.6) is 0 Å². The second kappa shape index (κ2) is 7.35. The van der Waals surface area contributed by atoms with Crippen molar-refractivity contribution >= 4 is 0 Å². The molecule has 0 spiro atoms. The Morgan fingerprint density at radius 2 is 1.76 bits per heavy atom. The van der Waals surface area contributed by atoms with Crippen molar-refractivity contribution in [3.8, 4) is 0 Å². The Kier molecular flexibility index (Phi) is 6.08. The molecule has 17 heavy (non-hydrogen) atoms. The maximum Gasteiger partial charge on any atom is 0.285 e. The third-order valence-electron chi connectivity index (χ3n) is 2.55. The summed E-state index contributed by atoms with van der Waals surface area (Å²) in [6, 6.07) is 7.83. The summed E-state index contributed by atoms with van der Waals surface area (Å²) in [5.41, 5.74) is 0.0443. The number of unbranched alkanes of at least 4 members (excludes halogenated alkanes) is 2. The molecule has 0 amide bonds. The van der Waals surface area contributed by atoms with E-state index in [0.717, 1.165) is 19.3 Å². The van der Waals surface area contributed by atoms with E-state index >= 15 is 0 Å². The Labute approximate surface area is 101 Å². The number of hydrogen-bond acceptors (Lipinski definition) is 2. The maximum absolute atomic E-state index is 13.6. The van der Waals surface area contributed by atoms with Crippen LogP contribution in [0, 0.1) is 0 Å². The fourth-order valence-corrected chi connectivity index (χ4v) is 1.57. The molecule has 0 bridgehead atoms. The van der Waals surface area contributed by atoms with Crippen LogP contribution in [0.2, 0.25) is 0 Å². The summed E-state index contributed by atoms with van der Waals surface area (Å²) < 4.78 is 27.3. The van der Waals surface area contributed by atoms with Gasteiger partial charge in [0.25, 0.3) is 5.92 Å². The molecule has 2 N–H and O–H groups in total. The van der Waals surface area contributed by atoms with Gasteiger partial charge in [-0.2, -0.15) is 8.78 Å². The van der Waals surface area contributed by atoms with Crippen molar-refractivity contribution in [2.75, 3.05) is 19.7 Å². The van der Waals surface area contributed by atoms with Gasteiger partial charge in [0.1, 0.15) is 0 Å². The van der Waals surface area contributed by atoms with Crippen molar-refractivity contribution in [3.05, 3.63) is 35.9 Å². The second-order valence-electron chi connectivity index (χ2n) is 4.03. The molecule has 0 radical (unpaired) electrons. The van der Waals surface area contributed by atoms with Crippen LogP contribution in [0.3, 0.4) is 0 Å². The SMILES string of the molecule is OCCCCCNCC(F)(F)c1ccccc1. The third kappa shape index (κ3) is 5.24. The highest BCUT2D eigenvalue weighted by Gasteiger charge is 2.30. The van der Waals surface area contributed by atoms with E-state index in [2.05, 4.69) is 5.32 Å². The molecule has 1 aromatic rings. The monoisotopic (exact) mass is 243 g/mol. The smallest absolute Gasteiger partial charge is 0.285 e. The predicted octanol–water partition coefficient (Wildman–Crippen LogP) is 2.53. The minimum atomic E-state index is -2.82. The van der Waals surface area contributed by atoms with Crippen LogP contribution in [0.1, 0.15) is 24.8 Å². The Morgan fingerprint density at radius 3 is 2.41 bits per heavy atom. The molecule has 0 aliphatic rings. The number of nitrogens with one attached hydrogen (secondary N) is 1. The van der Waals surface area contributed by atoms with E-state index in [4.69, 9.17) is 5.11 Å². The highest BCUT2D eigenvalue weighted by Crippen LogP contribution is 2.26. The van der Waals surface area contributed by atoms with E-state index in [1.165, 1.54) is 12.1 Å². The molecule has 0 aromatic heterocycles. The molecule has 0 atom stereocenters. The Balaban J connectivity index is 2.26. The van der Waals surface area contributed by atoms with Gasteiger partial charge in [0.2, 0.25) is 0 Å². The molecule has 1 rings (SSSR count). The first-order valence-corrected chi connectivity index (χ1v) is 5.92. The van der Waals surface area contributed by atoms with Crippen molar-refractivity contribution in [1.29, 1.82) is 0 Å². The van der Waals surface area contributed by atoms with Gasteiger partial charge in [-0.1, -0.05) is 30.3 Å². The first kappa shape index (κ1) is 14.1. The Hall–Kier alpha value is -1.00. The van der Waals surface area contributed by atoms with E-state index < -0.39 is 5.92 Å². The molecule has 2 nitrogen and oxygen atoms in total. The van der Waals surface area contributed by atoms with Crippen molar-refractivity contribution in [2.24, 2.45) is 0 Å². The van der Waals surface area contributed by atoms with E-state index in [1.807, 2.05) is 0 Å². The quantitative estimate of drug-likeness (QED) is 0.688. The van der Waals surface area contributed by atoms with Gasteiger partial charge in [0.15, 0.2) is 0 Å². The lowest BCUT2D eigenvalue weighted by molar-refractivity contribution is -0.00303. The Bertz CT molecular complexity index is 304. The van der Waals surface area contributed by atoms with Crippen LogP contribution in [0.25, 0.3) is 0 Å². The molecule has 0 unspecified atom stereocenters. The first-order valence-electron chi connectivity index (χ1n) is 5.92. The standard InChI is InChI=1S/C13H19F2NO/c14-13(15,12-7-3-1-4-8-12)11-16-9-5-2-6-10-17/h1,3-4,7-8,16-17H,2,5-6,9-11H2. The summed E-state index contributed by atoms with van der Waals surface area (Å²) in [6.07, 6.45) is 2.41. The van der Waals surface area contributed by atoms with Crippen LogP contribution < -0.4 is 5.32 Å². The van der Waals surface area contributed by atoms with Gasteiger partial charge in [-0.25, -0.2) is 0 Å². The summed E-state index contributed by atoms with van der Waals surface area (Å²) in [5, 5.41) is 11.3. The van der Waals surface area contributed by atoms with Gasteiger partial charge in [0.05, 0.1) is 6.54 Å². The lowest BCUT2D eigenvalue weighted by Gasteiger charge is -2.17. The van der Waals surface area contributed by atoms with Crippen LogP contribution in [0.4, 0.5) is 8.78 Å². The summed E-state index contributed by atoms with van der Waals surface area (Å²) in [6.45, 7) is 0.388. The number of rotatable bonds is 8. The average molecular weight is 243 g/mol. The first-order chi connectivity index (χ1) is 8.17. The summed E-state index contributed by atoms with van der Waals surface area (Å²) in [4.78, 5) is 0. The Morgan fingerprint density at radius 1 is 1.06 bits per heavy atom. The topological polar surface area (TPSA) is 32.3 Å². The molecule has 0 saturated heterocycles. The molecule has 96 valence electrons. The van der Waals surface area contributed by atoms with E-state index in [9.17, 15) is 8.78 Å². The normalized spacial score (nSPS) is 11.7. The van der Waals surface area contributed by atoms with Crippen molar-refractivity contribution in [2.45, 2.75) is 25.2 Å². The van der Waals surface area contributed by atoms with E-state index in [0.29, 0.717) is 6.54 Å². The molecule has 4 heteroatoms. The van der Waals surface area contributed by atoms with Gasteiger partial charge in [-0.3, -0.25) is 0 Å². The highest BCUT2D eigenvalue weighted by atomic mass is 19.3. The van der Waals surface area contributed by atoms with Crippen LogP contribution in [-0.4, -0.2) is 24.8 Å².